The van der Waals surface area contributed by atoms with Crippen molar-refractivity contribution in [3.8, 4) is 0 Å². The molecule has 0 radical (unpaired) electrons. The number of para-hydroxylation sites is 1. The van der Waals surface area contributed by atoms with Crippen molar-refractivity contribution in [2.75, 3.05) is 38.8 Å². The highest BCUT2D eigenvalue weighted by Crippen LogP contribution is 2.25. The number of nitrogens with one attached hydrogen (secondary N) is 1. The molecule has 2 rings (SSSR count). The minimum Gasteiger partial charge on any atom is -0.382 e. The number of methoxy groups -OCH3 is 1. The van der Waals surface area contributed by atoms with Gasteiger partial charge in [-0.3, -0.25) is 0 Å². The van der Waals surface area contributed by atoms with Gasteiger partial charge in [-0.05, 0) is 25.0 Å². The number of rotatable bonds is 9. The van der Waals surface area contributed by atoms with Crippen molar-refractivity contribution in [3.63, 3.8) is 0 Å². The van der Waals surface area contributed by atoms with Gasteiger partial charge in [-0.2, -0.15) is 0 Å². The molecule has 0 aliphatic heterocycles. The molecule has 1 aromatic heterocycles. The van der Waals surface area contributed by atoms with Crippen LogP contribution in [0.1, 0.15) is 12.8 Å². The molecule has 1 aromatic carbocycles. The first-order chi connectivity index (χ1) is 9.40. The Balaban J connectivity index is 1.60. The third kappa shape index (κ3) is 4.78. The van der Waals surface area contributed by atoms with Crippen molar-refractivity contribution in [1.82, 2.24) is 4.98 Å². The minimum absolute atomic E-state index is 0.671. The Morgan fingerprint density at radius 2 is 2.05 bits per heavy atom. The number of nitrogens with zero attached hydrogens (tertiary/aromatic N) is 1. The molecule has 0 atom stereocenters. The molecule has 1 N–H and O–H groups in total. The maximum absolute atomic E-state index is 5.41. The Labute approximate surface area is 117 Å². The molecular formula is C14H20N2O2S. The van der Waals surface area contributed by atoms with Gasteiger partial charge in [0.15, 0.2) is 5.13 Å². The highest BCUT2D eigenvalue weighted by atomic mass is 32.1. The highest BCUT2D eigenvalue weighted by molar-refractivity contribution is 7.22. The van der Waals surface area contributed by atoms with Crippen LogP contribution in [0.4, 0.5) is 5.13 Å². The van der Waals surface area contributed by atoms with Crippen molar-refractivity contribution < 1.29 is 9.47 Å². The Morgan fingerprint density at radius 1 is 1.16 bits per heavy atom. The Hall–Kier alpha value is -1.17. The van der Waals surface area contributed by atoms with E-state index in [4.69, 9.17) is 9.47 Å². The van der Waals surface area contributed by atoms with E-state index in [1.54, 1.807) is 18.4 Å². The minimum atomic E-state index is 0.671. The van der Waals surface area contributed by atoms with Gasteiger partial charge in [-0.25, -0.2) is 4.98 Å². The number of ether oxygens (including phenoxy) is 2. The molecule has 5 heteroatoms. The van der Waals surface area contributed by atoms with E-state index in [1.165, 1.54) is 4.70 Å². The number of hydrogen-bond acceptors (Lipinski definition) is 5. The van der Waals surface area contributed by atoms with E-state index >= 15 is 0 Å². The van der Waals surface area contributed by atoms with Crippen molar-refractivity contribution in [1.29, 1.82) is 0 Å². The van der Waals surface area contributed by atoms with Gasteiger partial charge in [0.1, 0.15) is 0 Å². The van der Waals surface area contributed by atoms with E-state index in [1.807, 2.05) is 18.2 Å². The summed E-state index contributed by atoms with van der Waals surface area (Å²) in [5, 5.41) is 4.36. The van der Waals surface area contributed by atoms with Crippen LogP contribution in [0.3, 0.4) is 0 Å². The van der Waals surface area contributed by atoms with Gasteiger partial charge in [-0.1, -0.05) is 23.5 Å². The number of unbranched alkanes of at least 4 members (excludes halogenated alkanes) is 1. The lowest BCUT2D eigenvalue weighted by molar-refractivity contribution is 0.0691. The van der Waals surface area contributed by atoms with Gasteiger partial charge in [0.2, 0.25) is 0 Å². The fraction of sp³-hybridized carbons (Fsp3) is 0.500. The van der Waals surface area contributed by atoms with E-state index in [0.29, 0.717) is 13.2 Å². The molecule has 0 amide bonds. The largest absolute Gasteiger partial charge is 0.382 e. The summed E-state index contributed by atoms with van der Waals surface area (Å²) in [5.41, 5.74) is 1.07. The molecule has 19 heavy (non-hydrogen) atoms. The fourth-order valence-corrected chi connectivity index (χ4v) is 2.61. The van der Waals surface area contributed by atoms with Gasteiger partial charge in [-0.15, -0.1) is 0 Å². The number of thiazole rings is 1. The second-order valence-electron chi connectivity index (χ2n) is 4.23. The molecule has 104 valence electrons. The Bertz CT molecular complexity index is 454. The first-order valence-corrected chi connectivity index (χ1v) is 7.38. The Morgan fingerprint density at radius 3 is 2.89 bits per heavy atom. The number of fused-ring (bicyclic) bond motifs is 1. The molecule has 0 aliphatic carbocycles. The number of anilines is 1. The smallest absolute Gasteiger partial charge is 0.183 e. The third-order valence-electron chi connectivity index (χ3n) is 2.72. The predicted molar refractivity (Wildman–Crippen MR) is 80.0 cm³/mol. The van der Waals surface area contributed by atoms with Crippen LogP contribution in [0, 0.1) is 0 Å². The van der Waals surface area contributed by atoms with Gasteiger partial charge in [0, 0.05) is 20.3 Å². The average Bonchev–Trinajstić information content (AvgIpc) is 2.84. The lowest BCUT2D eigenvalue weighted by Gasteiger charge is -2.04. The summed E-state index contributed by atoms with van der Waals surface area (Å²) in [5.74, 6) is 0. The fourth-order valence-electron chi connectivity index (χ4n) is 1.72. The van der Waals surface area contributed by atoms with Crippen molar-refractivity contribution in [2.45, 2.75) is 12.8 Å². The first kappa shape index (κ1) is 14.2. The topological polar surface area (TPSA) is 43.4 Å². The first-order valence-electron chi connectivity index (χ1n) is 6.56. The standard InChI is InChI=1S/C14H20N2O2S/c1-17-10-11-18-9-5-4-8-15-14-16-12-6-2-3-7-13(12)19-14/h2-3,6-7H,4-5,8-11H2,1H3,(H,15,16). The zero-order valence-electron chi connectivity index (χ0n) is 11.2. The molecular weight excluding hydrogens is 260 g/mol. The van der Waals surface area contributed by atoms with Gasteiger partial charge in [0.05, 0.1) is 23.4 Å². The van der Waals surface area contributed by atoms with E-state index in [9.17, 15) is 0 Å². The lowest BCUT2D eigenvalue weighted by Crippen LogP contribution is -2.06. The van der Waals surface area contributed by atoms with E-state index < -0.39 is 0 Å². The second kappa shape index (κ2) is 8.09. The summed E-state index contributed by atoms with van der Waals surface area (Å²) in [4.78, 5) is 4.53. The van der Waals surface area contributed by atoms with E-state index in [2.05, 4.69) is 16.4 Å². The summed E-state index contributed by atoms with van der Waals surface area (Å²) in [7, 11) is 1.69. The van der Waals surface area contributed by atoms with Crippen LogP contribution in [0.2, 0.25) is 0 Å². The molecule has 4 nitrogen and oxygen atoms in total. The molecule has 0 bridgehead atoms. The van der Waals surface area contributed by atoms with Gasteiger partial charge in [0.25, 0.3) is 0 Å². The maximum atomic E-state index is 5.41. The molecule has 0 unspecified atom stereocenters. The zero-order valence-corrected chi connectivity index (χ0v) is 12.0. The summed E-state index contributed by atoms with van der Waals surface area (Å²) < 4.78 is 11.6. The highest BCUT2D eigenvalue weighted by Gasteiger charge is 2.01. The lowest BCUT2D eigenvalue weighted by atomic mass is 10.3. The van der Waals surface area contributed by atoms with Crippen LogP contribution in [0.15, 0.2) is 24.3 Å². The number of benzene rings is 1. The number of hydrogen-bond donors (Lipinski definition) is 1. The summed E-state index contributed by atoms with van der Waals surface area (Å²) >= 11 is 1.70. The van der Waals surface area contributed by atoms with Crippen LogP contribution in [0.25, 0.3) is 10.2 Å². The zero-order chi connectivity index (χ0) is 13.3. The van der Waals surface area contributed by atoms with Crippen molar-refractivity contribution >= 4 is 26.7 Å². The van der Waals surface area contributed by atoms with E-state index in [0.717, 1.165) is 36.6 Å². The molecule has 0 saturated carbocycles. The summed E-state index contributed by atoms with van der Waals surface area (Å²) in [6.45, 7) is 3.09. The van der Waals surface area contributed by atoms with Crippen molar-refractivity contribution in [2.24, 2.45) is 0 Å². The summed E-state index contributed by atoms with van der Waals surface area (Å²) in [6, 6.07) is 8.20. The van der Waals surface area contributed by atoms with Gasteiger partial charge >= 0.3 is 0 Å². The average molecular weight is 280 g/mol. The van der Waals surface area contributed by atoms with E-state index in [-0.39, 0.29) is 0 Å². The molecule has 0 saturated heterocycles. The quantitative estimate of drug-likeness (QED) is 0.717. The maximum Gasteiger partial charge on any atom is 0.183 e. The molecule has 2 aromatic rings. The monoisotopic (exact) mass is 280 g/mol. The number of aromatic nitrogens is 1. The molecule has 1 heterocycles. The van der Waals surface area contributed by atoms with Gasteiger partial charge < -0.3 is 14.8 Å². The van der Waals surface area contributed by atoms with Crippen LogP contribution >= 0.6 is 11.3 Å². The third-order valence-corrected chi connectivity index (χ3v) is 3.71. The normalized spacial score (nSPS) is 11.0. The van der Waals surface area contributed by atoms with Crippen LogP contribution in [-0.2, 0) is 9.47 Å². The molecule has 0 spiro atoms. The predicted octanol–water partition coefficient (Wildman–Crippen LogP) is 3.15. The second-order valence-corrected chi connectivity index (χ2v) is 5.26. The summed E-state index contributed by atoms with van der Waals surface area (Å²) in [6.07, 6.45) is 2.14. The van der Waals surface area contributed by atoms with Crippen LogP contribution in [0.5, 0.6) is 0 Å². The van der Waals surface area contributed by atoms with Crippen molar-refractivity contribution in [3.05, 3.63) is 24.3 Å². The van der Waals surface area contributed by atoms with Crippen LogP contribution in [-0.4, -0.2) is 38.5 Å². The Kier molecular flexibility index (Phi) is 6.07. The molecule has 0 aliphatic rings. The SMILES string of the molecule is COCCOCCCCNc1nc2ccccc2s1. The molecule has 0 fully saturated rings. The van der Waals surface area contributed by atoms with Crippen LogP contribution < -0.4 is 5.32 Å².